The predicted octanol–water partition coefficient (Wildman–Crippen LogP) is 24.3. The molecule has 0 aliphatic carbocycles. The van der Waals surface area contributed by atoms with Crippen LogP contribution in [-0.2, 0) is 28.6 Å². The Morgan fingerprint density at radius 2 is 0.494 bits per heavy atom. The van der Waals surface area contributed by atoms with Crippen molar-refractivity contribution in [3.8, 4) is 0 Å². The molecule has 6 heteroatoms. The molecule has 6 nitrogen and oxygen atoms in total. The van der Waals surface area contributed by atoms with Gasteiger partial charge in [0.05, 0.1) is 0 Å². The number of allylic oxidation sites excluding steroid dienone is 20. The molecule has 0 saturated heterocycles. The van der Waals surface area contributed by atoms with Crippen LogP contribution >= 0.6 is 0 Å². The van der Waals surface area contributed by atoms with Crippen molar-refractivity contribution in [2.24, 2.45) is 0 Å². The summed E-state index contributed by atoms with van der Waals surface area (Å²) in [6.07, 6.45) is 97.9. The molecule has 0 fully saturated rings. The molecule has 0 aromatic rings. The van der Waals surface area contributed by atoms with Crippen LogP contribution in [0.3, 0.4) is 0 Å². The fourth-order valence-corrected chi connectivity index (χ4v) is 9.69. The second-order valence-electron chi connectivity index (χ2n) is 23.1. The summed E-state index contributed by atoms with van der Waals surface area (Å²) in [6, 6.07) is 0. The van der Waals surface area contributed by atoms with Gasteiger partial charge in [-0.2, -0.15) is 0 Å². The van der Waals surface area contributed by atoms with Crippen molar-refractivity contribution in [1.82, 2.24) is 0 Å². The lowest BCUT2D eigenvalue weighted by Gasteiger charge is -2.18. The number of ether oxygens (including phenoxy) is 3. The van der Waals surface area contributed by atoms with E-state index in [1.54, 1.807) is 0 Å². The number of rotatable bonds is 63. The van der Waals surface area contributed by atoms with Crippen molar-refractivity contribution in [1.29, 1.82) is 0 Å². The molecular formula is C77H130O6. The number of carbonyl (C=O) groups excluding carboxylic acids is 3. The van der Waals surface area contributed by atoms with Gasteiger partial charge in [0.25, 0.3) is 0 Å². The molecule has 1 unspecified atom stereocenters. The van der Waals surface area contributed by atoms with Gasteiger partial charge < -0.3 is 14.2 Å². The molecule has 0 radical (unpaired) electrons. The summed E-state index contributed by atoms with van der Waals surface area (Å²) in [6.45, 7) is 6.46. The van der Waals surface area contributed by atoms with Gasteiger partial charge >= 0.3 is 17.9 Å². The van der Waals surface area contributed by atoms with Gasteiger partial charge in [0.15, 0.2) is 6.10 Å². The first kappa shape index (κ1) is 78.8. The number of esters is 3. The standard InChI is InChI=1S/C77H130O6/c1-4-7-10-13-16-19-22-25-27-29-31-33-35-36-37-38-39-40-42-43-45-47-49-52-55-58-61-64-67-70-76(79)82-73-74(72-81-75(78)69-66-63-60-57-54-51-24-21-18-15-12-9-6-3)83-77(80)71-68-65-62-59-56-53-50-48-46-44-41-34-32-30-28-26-23-20-17-14-11-8-5-2/h7,10,12,15-16,19,21,23-27,30-33,36-37,41,44,74H,4-6,8-9,11,13-14,17-18,20,22,28-29,34-35,38-40,42-43,45-73H2,1-3H3/b10-7-,15-12-,19-16-,24-21-,26-23-,27-25-,32-30-,33-31-,37-36-,44-41-. The highest BCUT2D eigenvalue weighted by molar-refractivity contribution is 5.71. The van der Waals surface area contributed by atoms with Gasteiger partial charge in [-0.3, -0.25) is 14.4 Å². The van der Waals surface area contributed by atoms with Gasteiger partial charge in [0.1, 0.15) is 13.2 Å². The molecule has 0 aromatic heterocycles. The Morgan fingerprint density at radius 1 is 0.253 bits per heavy atom. The van der Waals surface area contributed by atoms with Gasteiger partial charge in [-0.1, -0.05) is 303 Å². The molecule has 0 rings (SSSR count). The van der Waals surface area contributed by atoms with Crippen LogP contribution in [-0.4, -0.2) is 37.2 Å². The molecule has 1 atom stereocenters. The average Bonchev–Trinajstić information content (AvgIpc) is 3.49. The third-order valence-electron chi connectivity index (χ3n) is 14.9. The Balaban J connectivity index is 4.30. The predicted molar refractivity (Wildman–Crippen MR) is 362 cm³/mol. The lowest BCUT2D eigenvalue weighted by molar-refractivity contribution is -0.167. The van der Waals surface area contributed by atoms with Gasteiger partial charge in [-0.05, 0) is 128 Å². The van der Waals surface area contributed by atoms with Crippen molar-refractivity contribution in [2.75, 3.05) is 13.2 Å². The number of hydrogen-bond acceptors (Lipinski definition) is 6. The Hall–Kier alpha value is -4.19. The van der Waals surface area contributed by atoms with E-state index in [0.717, 1.165) is 141 Å². The maximum Gasteiger partial charge on any atom is 0.306 e. The SMILES string of the molecule is CC/C=C\C/C=C\C/C=C\C/C=C\C/C=C\CCCCCCCCCCCCCCCC(=O)OCC(COC(=O)CCCCCCC/C=C\C/C=C\CCC)OC(=O)CCCCCCCCCC/C=C\C/C=C\C/C=C\CCCCCCC. The van der Waals surface area contributed by atoms with Crippen molar-refractivity contribution >= 4 is 17.9 Å². The van der Waals surface area contributed by atoms with E-state index in [0.29, 0.717) is 19.3 Å². The minimum Gasteiger partial charge on any atom is -0.462 e. The second-order valence-corrected chi connectivity index (χ2v) is 23.1. The highest BCUT2D eigenvalue weighted by Crippen LogP contribution is 2.16. The van der Waals surface area contributed by atoms with E-state index in [2.05, 4.69) is 142 Å². The first-order valence-electron chi connectivity index (χ1n) is 35.0. The van der Waals surface area contributed by atoms with Crippen molar-refractivity contribution in [3.63, 3.8) is 0 Å². The van der Waals surface area contributed by atoms with E-state index in [1.165, 1.54) is 148 Å². The van der Waals surface area contributed by atoms with Gasteiger partial charge in [-0.15, -0.1) is 0 Å². The molecule has 0 amide bonds. The topological polar surface area (TPSA) is 78.9 Å². The summed E-state index contributed by atoms with van der Waals surface area (Å²) in [5, 5.41) is 0. The van der Waals surface area contributed by atoms with E-state index >= 15 is 0 Å². The average molecular weight is 1150 g/mol. The lowest BCUT2D eigenvalue weighted by atomic mass is 10.0. The number of unbranched alkanes of at least 4 members (excludes halogenated alkanes) is 32. The molecule has 0 saturated carbocycles. The van der Waals surface area contributed by atoms with Crippen LogP contribution in [0.1, 0.15) is 329 Å². The fourth-order valence-electron chi connectivity index (χ4n) is 9.69. The summed E-state index contributed by atoms with van der Waals surface area (Å²) in [4.78, 5) is 38.4. The smallest absolute Gasteiger partial charge is 0.306 e. The normalized spacial score (nSPS) is 12.9. The summed E-state index contributed by atoms with van der Waals surface area (Å²) < 4.78 is 17.0. The minimum absolute atomic E-state index is 0.0868. The maximum atomic E-state index is 13.0. The zero-order chi connectivity index (χ0) is 59.9. The van der Waals surface area contributed by atoms with Crippen LogP contribution in [0.5, 0.6) is 0 Å². The highest BCUT2D eigenvalue weighted by atomic mass is 16.6. The maximum absolute atomic E-state index is 13.0. The minimum atomic E-state index is -0.793. The first-order valence-corrected chi connectivity index (χ1v) is 35.0. The van der Waals surface area contributed by atoms with Gasteiger partial charge in [0.2, 0.25) is 0 Å². The Bertz CT molecular complexity index is 1700. The zero-order valence-electron chi connectivity index (χ0n) is 54.4. The van der Waals surface area contributed by atoms with E-state index < -0.39 is 6.10 Å². The van der Waals surface area contributed by atoms with Crippen molar-refractivity contribution in [2.45, 2.75) is 335 Å². The molecule has 474 valence electrons. The van der Waals surface area contributed by atoms with Crippen LogP contribution in [0.15, 0.2) is 122 Å². The lowest BCUT2D eigenvalue weighted by Crippen LogP contribution is -2.30. The monoisotopic (exact) mass is 1150 g/mol. The first-order chi connectivity index (χ1) is 41.0. The summed E-state index contributed by atoms with van der Waals surface area (Å²) in [5.74, 6) is -0.900. The van der Waals surface area contributed by atoms with Crippen LogP contribution in [0, 0.1) is 0 Å². The third-order valence-corrected chi connectivity index (χ3v) is 14.9. The van der Waals surface area contributed by atoms with Crippen molar-refractivity contribution in [3.05, 3.63) is 122 Å². The molecule has 0 N–H and O–H groups in total. The third kappa shape index (κ3) is 68.5. The van der Waals surface area contributed by atoms with Crippen molar-refractivity contribution < 1.29 is 28.6 Å². The van der Waals surface area contributed by atoms with Crippen LogP contribution in [0.4, 0.5) is 0 Å². The molecular weight excluding hydrogens is 1020 g/mol. The summed E-state index contributed by atoms with van der Waals surface area (Å²) >= 11 is 0. The molecule has 0 heterocycles. The number of carbonyl (C=O) groups is 3. The zero-order valence-corrected chi connectivity index (χ0v) is 54.4. The van der Waals surface area contributed by atoms with Gasteiger partial charge in [0, 0.05) is 19.3 Å². The molecule has 83 heavy (non-hydrogen) atoms. The molecule has 0 aromatic carbocycles. The van der Waals surface area contributed by atoms with E-state index in [4.69, 9.17) is 14.2 Å². The molecule has 0 spiro atoms. The quantitative estimate of drug-likeness (QED) is 0.0261. The van der Waals surface area contributed by atoms with Crippen LogP contribution < -0.4 is 0 Å². The Labute approximate surface area is 513 Å². The fraction of sp³-hybridized carbons (Fsp3) is 0.701. The van der Waals surface area contributed by atoms with E-state index in [1.807, 2.05) is 0 Å². The highest BCUT2D eigenvalue weighted by Gasteiger charge is 2.19. The van der Waals surface area contributed by atoms with E-state index in [9.17, 15) is 14.4 Å². The number of hydrogen-bond donors (Lipinski definition) is 0. The van der Waals surface area contributed by atoms with Crippen LogP contribution in [0.2, 0.25) is 0 Å². The van der Waals surface area contributed by atoms with E-state index in [-0.39, 0.29) is 31.1 Å². The largest absolute Gasteiger partial charge is 0.462 e. The summed E-state index contributed by atoms with van der Waals surface area (Å²) in [7, 11) is 0. The Morgan fingerprint density at radius 3 is 0.783 bits per heavy atom. The molecule has 0 aliphatic rings. The summed E-state index contributed by atoms with van der Waals surface area (Å²) in [5.41, 5.74) is 0. The van der Waals surface area contributed by atoms with Gasteiger partial charge in [-0.25, -0.2) is 0 Å². The molecule has 0 bridgehead atoms. The second kappa shape index (κ2) is 70.3. The Kier molecular flexibility index (Phi) is 66.7. The van der Waals surface area contributed by atoms with Crippen LogP contribution in [0.25, 0.3) is 0 Å². The molecule has 0 aliphatic heterocycles.